The molecule has 0 aromatic heterocycles. The molecule has 0 N–H and O–H groups in total. The molecule has 0 aromatic carbocycles. The van der Waals surface area contributed by atoms with Crippen LogP contribution in [0.3, 0.4) is 0 Å². The minimum Gasteiger partial charge on any atom is -0.466 e. The molecule has 0 fully saturated rings. The Hall–Kier alpha value is -4.28. The van der Waals surface area contributed by atoms with Crippen LogP contribution in [0.5, 0.6) is 0 Å². The molecule has 0 rings (SSSR count). The fourth-order valence-electron chi connectivity index (χ4n) is 8.04. The predicted molar refractivity (Wildman–Crippen MR) is 292 cm³/mol. The van der Waals surface area contributed by atoms with Crippen LogP contribution in [0, 0.1) is 0 Å². The van der Waals surface area contributed by atoms with Gasteiger partial charge in [-0.05, 0) is 91.1 Å². The topological polar surface area (TPSA) is 214 Å². The maximum absolute atomic E-state index is 14.1. The summed E-state index contributed by atoms with van der Waals surface area (Å²) in [5, 5.41) is 0. The van der Waals surface area contributed by atoms with Crippen molar-refractivity contribution in [3.63, 3.8) is 0 Å². The van der Waals surface area contributed by atoms with Gasteiger partial charge in [0.2, 0.25) is 5.60 Å². The van der Waals surface area contributed by atoms with Gasteiger partial charge in [-0.3, -0.25) is 33.6 Å². The first-order chi connectivity index (χ1) is 36.8. The molecule has 0 unspecified atom stereocenters. The maximum atomic E-state index is 14.1. The average molecular weight is 1080 g/mol. The van der Waals surface area contributed by atoms with Gasteiger partial charge in [0.1, 0.15) is 6.61 Å². The Kier molecular flexibility index (Phi) is 48.6. The van der Waals surface area contributed by atoms with Crippen molar-refractivity contribution in [2.24, 2.45) is 0 Å². The summed E-state index contributed by atoms with van der Waals surface area (Å²) in [4.78, 5) is 105. The van der Waals surface area contributed by atoms with Crippen LogP contribution in [0.1, 0.15) is 258 Å². The van der Waals surface area contributed by atoms with Gasteiger partial charge in [0, 0.05) is 25.8 Å². The minimum atomic E-state index is -2.50. The molecule has 17 heteroatoms. The zero-order valence-electron chi connectivity index (χ0n) is 48.3. The monoisotopic (exact) mass is 1080 g/mol. The molecule has 17 nitrogen and oxygen atoms in total. The minimum absolute atomic E-state index is 0.0643. The molecule has 0 saturated carbocycles. The lowest BCUT2D eigenvalue weighted by Gasteiger charge is -2.30. The van der Waals surface area contributed by atoms with Crippen molar-refractivity contribution in [3.05, 3.63) is 0 Å². The Morgan fingerprint density at radius 3 is 0.895 bits per heavy atom. The van der Waals surface area contributed by atoms with E-state index in [4.69, 9.17) is 37.9 Å². The van der Waals surface area contributed by atoms with Crippen molar-refractivity contribution in [2.75, 3.05) is 66.9 Å². The van der Waals surface area contributed by atoms with Crippen LogP contribution in [0.15, 0.2) is 0 Å². The highest BCUT2D eigenvalue weighted by Crippen LogP contribution is 2.27. The van der Waals surface area contributed by atoms with E-state index < -0.39 is 61.1 Å². The van der Waals surface area contributed by atoms with E-state index in [9.17, 15) is 38.4 Å². The summed E-state index contributed by atoms with van der Waals surface area (Å²) in [7, 11) is 3.62. The summed E-state index contributed by atoms with van der Waals surface area (Å²) in [6, 6.07) is 0. The number of carbonyl (C=O) groups is 8. The van der Waals surface area contributed by atoms with Crippen molar-refractivity contribution in [1.29, 1.82) is 0 Å². The molecular formula is C59H105NO16. The normalized spacial score (nSPS) is 11.2. The molecular weight excluding hydrogens is 979 g/mol. The number of hydrogen-bond donors (Lipinski definition) is 0. The van der Waals surface area contributed by atoms with Crippen LogP contribution in [0.25, 0.3) is 0 Å². The second-order valence-corrected chi connectivity index (χ2v) is 20.4. The maximum Gasteiger partial charge on any atom is 0.351 e. The van der Waals surface area contributed by atoms with Crippen molar-refractivity contribution >= 4 is 47.8 Å². The van der Waals surface area contributed by atoms with Crippen LogP contribution >= 0.6 is 0 Å². The van der Waals surface area contributed by atoms with Gasteiger partial charge in [-0.15, -0.1) is 0 Å². The molecule has 0 aliphatic carbocycles. The SMILES string of the molecule is CCCCCCCCCC(=O)OCCCCCOC(=O)CC(CC(=O)OCCCCCOC(=O)CCCCCCCCC)(OC(=O)CCC(=O)OCCN(C)C)C(=O)OCCCCCOC(=O)CCCCCCCCC. The van der Waals surface area contributed by atoms with Crippen molar-refractivity contribution in [2.45, 2.75) is 264 Å². The Labute approximate surface area is 458 Å². The molecule has 0 heterocycles. The Bertz CT molecular complexity index is 1460. The Balaban J connectivity index is 5.63. The number of nitrogens with zero attached hydrogens (tertiary/aromatic N) is 1. The number of ether oxygens (including phenoxy) is 8. The fraction of sp³-hybridized carbons (Fsp3) is 0.864. The van der Waals surface area contributed by atoms with E-state index in [1.165, 1.54) is 77.0 Å². The third-order valence-corrected chi connectivity index (χ3v) is 12.7. The summed E-state index contributed by atoms with van der Waals surface area (Å²) in [5.41, 5.74) is -2.50. The summed E-state index contributed by atoms with van der Waals surface area (Å²) < 4.78 is 43.6. The van der Waals surface area contributed by atoms with Crippen LogP contribution in [-0.4, -0.2) is 125 Å². The van der Waals surface area contributed by atoms with Crippen LogP contribution in [0.2, 0.25) is 0 Å². The number of likely N-dealkylation sites (N-methyl/N-ethyl adjacent to an activating group) is 1. The van der Waals surface area contributed by atoms with Crippen molar-refractivity contribution in [3.8, 4) is 0 Å². The molecule has 0 bridgehead atoms. The Morgan fingerprint density at radius 2 is 0.553 bits per heavy atom. The molecule has 442 valence electrons. The van der Waals surface area contributed by atoms with E-state index in [-0.39, 0.29) is 64.2 Å². The van der Waals surface area contributed by atoms with Crippen molar-refractivity contribution in [1.82, 2.24) is 4.90 Å². The molecule has 0 saturated heterocycles. The van der Waals surface area contributed by atoms with E-state index in [0.29, 0.717) is 83.6 Å². The smallest absolute Gasteiger partial charge is 0.351 e. The van der Waals surface area contributed by atoms with Gasteiger partial charge in [-0.25, -0.2) is 4.79 Å². The third kappa shape index (κ3) is 45.9. The van der Waals surface area contributed by atoms with Gasteiger partial charge in [-0.2, -0.15) is 0 Å². The Morgan fingerprint density at radius 1 is 0.289 bits per heavy atom. The molecule has 0 atom stereocenters. The van der Waals surface area contributed by atoms with Crippen LogP contribution < -0.4 is 0 Å². The molecule has 0 amide bonds. The van der Waals surface area contributed by atoms with E-state index in [1.54, 1.807) is 0 Å². The second-order valence-electron chi connectivity index (χ2n) is 20.4. The standard InChI is InChI=1S/C59H105NO16/c1-6-9-12-15-18-21-27-36-51(61)69-42-30-24-33-45-72-56(66)49-59(76-55(65)40-39-54(64)74-48-41-60(4)5,58(68)75-47-35-26-32-44-71-53(63)38-29-23-20-17-14-11-8-3)50-57(67)73-46-34-25-31-43-70-52(62)37-28-22-19-16-13-10-7-2/h6-50H2,1-5H3. The van der Waals surface area contributed by atoms with E-state index in [2.05, 4.69) is 20.8 Å². The lowest BCUT2D eigenvalue weighted by Crippen LogP contribution is -2.49. The quantitative estimate of drug-likeness (QED) is 0.0314. The number of carbonyl (C=O) groups excluding carboxylic acids is 8. The first kappa shape index (κ1) is 71.7. The van der Waals surface area contributed by atoms with E-state index >= 15 is 0 Å². The fourth-order valence-corrected chi connectivity index (χ4v) is 8.04. The predicted octanol–water partition coefficient (Wildman–Crippen LogP) is 12.1. The first-order valence-corrected chi connectivity index (χ1v) is 29.8. The summed E-state index contributed by atoms with van der Waals surface area (Å²) in [5.74, 6) is -5.51. The largest absolute Gasteiger partial charge is 0.466 e. The average Bonchev–Trinajstić information content (AvgIpc) is 3.38. The van der Waals surface area contributed by atoms with Gasteiger partial charge in [0.05, 0.1) is 65.3 Å². The number of unbranched alkanes of at least 4 members (excludes halogenated alkanes) is 24. The van der Waals surface area contributed by atoms with Gasteiger partial charge >= 0.3 is 47.8 Å². The zero-order chi connectivity index (χ0) is 56.2. The van der Waals surface area contributed by atoms with Gasteiger partial charge in [-0.1, -0.05) is 136 Å². The van der Waals surface area contributed by atoms with Gasteiger partial charge in [0.25, 0.3) is 0 Å². The molecule has 76 heavy (non-hydrogen) atoms. The highest BCUT2D eigenvalue weighted by Gasteiger charge is 2.49. The third-order valence-electron chi connectivity index (χ3n) is 12.7. The first-order valence-electron chi connectivity index (χ1n) is 29.8. The number of rotatable bonds is 54. The van der Waals surface area contributed by atoms with Crippen molar-refractivity contribution < 1.29 is 76.3 Å². The molecule has 0 aliphatic rings. The van der Waals surface area contributed by atoms with E-state index in [0.717, 1.165) is 57.8 Å². The summed E-state index contributed by atoms with van der Waals surface area (Å²) in [6.45, 7) is 7.45. The highest BCUT2D eigenvalue weighted by molar-refractivity contribution is 5.92. The lowest BCUT2D eigenvalue weighted by atomic mass is 9.94. The summed E-state index contributed by atoms with van der Waals surface area (Å²) >= 11 is 0. The van der Waals surface area contributed by atoms with Gasteiger partial charge in [0.15, 0.2) is 0 Å². The van der Waals surface area contributed by atoms with Gasteiger partial charge < -0.3 is 42.8 Å². The zero-order valence-corrected chi connectivity index (χ0v) is 48.3. The lowest BCUT2D eigenvalue weighted by molar-refractivity contribution is -0.192. The highest BCUT2D eigenvalue weighted by atomic mass is 16.6. The van der Waals surface area contributed by atoms with Crippen LogP contribution in [-0.2, 0) is 76.3 Å². The molecule has 0 radical (unpaired) electrons. The number of esters is 8. The van der Waals surface area contributed by atoms with Crippen LogP contribution in [0.4, 0.5) is 0 Å². The molecule has 0 spiro atoms. The molecule has 0 aliphatic heterocycles. The molecule has 0 aromatic rings. The second kappa shape index (κ2) is 51.5. The van der Waals surface area contributed by atoms with E-state index in [1.807, 2.05) is 19.0 Å². The number of hydrogen-bond acceptors (Lipinski definition) is 17. The summed E-state index contributed by atoms with van der Waals surface area (Å²) in [6.07, 6.45) is 25.9.